The van der Waals surface area contributed by atoms with Gasteiger partial charge in [0.2, 0.25) is 11.8 Å². The molecular weight excluding hydrogens is 706 g/mol. The number of dihydropyridines is 1. The predicted molar refractivity (Wildman–Crippen MR) is 192 cm³/mol. The number of likely N-dealkylation sites (tertiary alicyclic amines) is 1. The molecule has 11 nitrogen and oxygen atoms in total. The quantitative estimate of drug-likeness (QED) is 0.225. The first-order valence-corrected chi connectivity index (χ1v) is 18.5. The zero-order chi connectivity index (χ0) is 38.0. The van der Waals surface area contributed by atoms with Gasteiger partial charge in [0.1, 0.15) is 17.3 Å². The van der Waals surface area contributed by atoms with Crippen LogP contribution in [0, 0.1) is 11.2 Å². The molecule has 8 rings (SSSR count). The molecule has 3 saturated heterocycles. The Labute approximate surface area is 309 Å². The lowest BCUT2D eigenvalue weighted by molar-refractivity contribution is -0.134. The van der Waals surface area contributed by atoms with Gasteiger partial charge in [0.05, 0.1) is 36.5 Å². The maximum atomic E-state index is 15.3. The van der Waals surface area contributed by atoms with E-state index in [2.05, 4.69) is 25.5 Å². The first kappa shape index (κ1) is 36.1. The van der Waals surface area contributed by atoms with Crippen molar-refractivity contribution in [1.29, 1.82) is 0 Å². The Kier molecular flexibility index (Phi) is 8.97. The van der Waals surface area contributed by atoms with Gasteiger partial charge in [-0.1, -0.05) is 12.1 Å². The average Bonchev–Trinajstić information content (AvgIpc) is 3.56. The van der Waals surface area contributed by atoms with Crippen LogP contribution in [0.5, 0.6) is 5.75 Å². The zero-order valence-corrected chi connectivity index (χ0v) is 29.9. The molecule has 3 amide bonds. The van der Waals surface area contributed by atoms with Gasteiger partial charge >= 0.3 is 6.18 Å². The number of carbonyl (C=O) groups excluding carboxylic acids is 3. The van der Waals surface area contributed by atoms with Crippen LogP contribution in [-0.2, 0) is 19.9 Å². The van der Waals surface area contributed by atoms with Gasteiger partial charge in [-0.2, -0.15) is 18.3 Å². The SMILES string of the molecule is COc1cc2c(cnn2C2CCN(C3CC4(CCN(c5ccc(C6CCC(=O)NC6=O)cc5F)CC4)C3)CC2)cc1C1(C(N)=O)C=CC=C(C(F)(F)F)N1. The van der Waals surface area contributed by atoms with E-state index in [0.717, 1.165) is 76.3 Å². The summed E-state index contributed by atoms with van der Waals surface area (Å²) < 4.78 is 63.9. The Bertz CT molecular complexity index is 2050. The van der Waals surface area contributed by atoms with Gasteiger partial charge in [0.25, 0.3) is 5.91 Å². The van der Waals surface area contributed by atoms with Crippen molar-refractivity contribution in [3.05, 3.63) is 77.4 Å². The van der Waals surface area contributed by atoms with E-state index in [1.165, 1.54) is 25.3 Å². The van der Waals surface area contributed by atoms with E-state index in [9.17, 15) is 27.6 Å². The molecule has 0 radical (unpaired) electrons. The van der Waals surface area contributed by atoms with Crippen molar-refractivity contribution in [2.75, 3.05) is 38.2 Å². The van der Waals surface area contributed by atoms with Gasteiger partial charge in [-0.15, -0.1) is 0 Å². The Balaban J connectivity index is 0.877. The molecule has 0 bridgehead atoms. The van der Waals surface area contributed by atoms with Gasteiger partial charge in [0, 0.05) is 55.7 Å². The number of methoxy groups -OCH3 is 1. The molecule has 4 aliphatic heterocycles. The second-order valence-corrected chi connectivity index (χ2v) is 15.5. The number of nitrogens with zero attached hydrogens (tertiary/aromatic N) is 4. The molecule has 1 saturated carbocycles. The monoisotopic (exact) mass is 749 g/mol. The molecule has 2 atom stereocenters. The smallest absolute Gasteiger partial charge is 0.430 e. The van der Waals surface area contributed by atoms with E-state index >= 15 is 4.39 Å². The number of rotatable bonds is 7. The summed E-state index contributed by atoms with van der Waals surface area (Å²) in [6.07, 6.45) is 6.91. The molecule has 4 N–H and O–H groups in total. The summed E-state index contributed by atoms with van der Waals surface area (Å²) in [4.78, 5) is 41.3. The van der Waals surface area contributed by atoms with Gasteiger partial charge < -0.3 is 25.6 Å². The highest BCUT2D eigenvalue weighted by Crippen LogP contribution is 2.52. The van der Waals surface area contributed by atoms with Crippen LogP contribution in [-0.4, -0.2) is 77.9 Å². The molecule has 4 fully saturated rings. The first-order valence-electron chi connectivity index (χ1n) is 18.5. The van der Waals surface area contributed by atoms with Crippen molar-refractivity contribution in [3.8, 4) is 5.75 Å². The highest BCUT2D eigenvalue weighted by atomic mass is 19.4. The maximum absolute atomic E-state index is 15.3. The Hall–Kier alpha value is -4.92. The van der Waals surface area contributed by atoms with Crippen LogP contribution < -0.4 is 26.0 Å². The van der Waals surface area contributed by atoms with Crippen LogP contribution in [0.3, 0.4) is 0 Å². The van der Waals surface area contributed by atoms with E-state index in [1.54, 1.807) is 24.4 Å². The first-order chi connectivity index (χ1) is 25.8. The molecule has 54 heavy (non-hydrogen) atoms. The van der Waals surface area contributed by atoms with Crippen molar-refractivity contribution < 1.29 is 36.7 Å². The number of hydrogen-bond acceptors (Lipinski definition) is 8. The summed E-state index contributed by atoms with van der Waals surface area (Å²) in [6.45, 7) is 3.36. The van der Waals surface area contributed by atoms with Crippen LogP contribution in [0.15, 0.2) is 60.5 Å². The van der Waals surface area contributed by atoms with Crippen LogP contribution in [0.2, 0.25) is 0 Å². The standard InChI is InChI=1S/C39H43F4N7O4/c1-54-32-19-31-24(17-28(32)38(36(44)53)10-2-3-33(47-38)39(41,42)43)22-45-50(31)25-8-13-48(14-9-25)26-20-37(21-26)11-15-49(16-12-37)30-6-4-23(18-29(30)40)27-5-7-34(51)46-35(27)52/h2-4,6,10,17-19,22,25-27,47H,5,7-9,11-16,20-21H2,1H3,(H2,44,53)(H,46,51,52). The molecule has 5 aliphatic rings. The summed E-state index contributed by atoms with van der Waals surface area (Å²) in [5, 5.41) is 10.0. The van der Waals surface area contributed by atoms with Crippen LogP contribution >= 0.6 is 0 Å². The van der Waals surface area contributed by atoms with Crippen molar-refractivity contribution >= 4 is 34.3 Å². The minimum atomic E-state index is -4.71. The minimum Gasteiger partial charge on any atom is -0.496 e. The van der Waals surface area contributed by atoms with Crippen molar-refractivity contribution in [3.63, 3.8) is 0 Å². The van der Waals surface area contributed by atoms with Crippen molar-refractivity contribution in [2.24, 2.45) is 11.1 Å². The zero-order valence-electron chi connectivity index (χ0n) is 29.9. The number of imide groups is 1. The molecule has 1 aliphatic carbocycles. The fourth-order valence-electron chi connectivity index (χ4n) is 9.36. The number of nitrogens with two attached hydrogens (primary N) is 1. The van der Waals surface area contributed by atoms with Crippen LogP contribution in [0.25, 0.3) is 10.9 Å². The lowest BCUT2D eigenvalue weighted by Crippen LogP contribution is -2.56. The highest BCUT2D eigenvalue weighted by molar-refractivity contribution is 6.01. The number of benzene rings is 2. The van der Waals surface area contributed by atoms with Crippen molar-refractivity contribution in [2.45, 2.75) is 81.1 Å². The molecule has 286 valence electrons. The number of primary amides is 1. The Morgan fingerprint density at radius 2 is 1.76 bits per heavy atom. The third-order valence-corrected chi connectivity index (χ3v) is 12.5. The minimum absolute atomic E-state index is 0.112. The summed E-state index contributed by atoms with van der Waals surface area (Å²) in [5.41, 5.74) is 5.03. The molecule has 2 unspecified atom stereocenters. The van der Waals surface area contributed by atoms with Crippen molar-refractivity contribution in [1.82, 2.24) is 25.3 Å². The van der Waals surface area contributed by atoms with Gasteiger partial charge in [-0.05, 0) is 86.3 Å². The molecule has 3 aromatic rings. The normalized spacial score (nSPS) is 25.3. The lowest BCUT2D eigenvalue weighted by Gasteiger charge is -2.56. The number of aromatic nitrogens is 2. The highest BCUT2D eigenvalue weighted by Gasteiger charge is 2.49. The van der Waals surface area contributed by atoms with Crippen LogP contribution in [0.4, 0.5) is 23.2 Å². The number of carbonyl (C=O) groups is 3. The Morgan fingerprint density at radius 3 is 2.41 bits per heavy atom. The number of halogens is 4. The number of fused-ring (bicyclic) bond motifs is 1. The van der Waals surface area contributed by atoms with Gasteiger partial charge in [-0.3, -0.25) is 24.4 Å². The second kappa shape index (κ2) is 13.4. The molecule has 2 aromatic carbocycles. The number of amides is 3. The van der Waals surface area contributed by atoms with E-state index in [0.29, 0.717) is 29.1 Å². The number of hydrogen-bond donors (Lipinski definition) is 3. The molecule has 5 heterocycles. The average molecular weight is 750 g/mol. The lowest BCUT2D eigenvalue weighted by atomic mass is 9.59. The number of nitrogens with one attached hydrogen (secondary N) is 2. The third-order valence-electron chi connectivity index (χ3n) is 12.5. The molecule has 15 heteroatoms. The largest absolute Gasteiger partial charge is 0.496 e. The van der Waals surface area contributed by atoms with Gasteiger partial charge in [0.15, 0.2) is 5.54 Å². The fraction of sp³-hybridized carbons (Fsp3) is 0.487. The molecular formula is C39H43F4N7O4. The summed E-state index contributed by atoms with van der Waals surface area (Å²) in [5.74, 6) is -2.28. The number of piperidine rings is 3. The summed E-state index contributed by atoms with van der Waals surface area (Å²) in [6, 6.07) is 8.98. The topological polar surface area (TPSA) is 135 Å². The summed E-state index contributed by atoms with van der Waals surface area (Å²) in [7, 11) is 1.40. The summed E-state index contributed by atoms with van der Waals surface area (Å²) >= 11 is 0. The van der Waals surface area contributed by atoms with E-state index in [1.807, 2.05) is 10.7 Å². The number of allylic oxidation sites excluding steroid dienone is 3. The van der Waals surface area contributed by atoms with E-state index in [4.69, 9.17) is 10.5 Å². The third kappa shape index (κ3) is 6.29. The predicted octanol–water partition coefficient (Wildman–Crippen LogP) is 5.08. The fourth-order valence-corrected chi connectivity index (χ4v) is 9.36. The number of alkyl halides is 3. The Morgan fingerprint density at radius 1 is 1.02 bits per heavy atom. The number of ether oxygens (including phenoxy) is 1. The second-order valence-electron chi connectivity index (χ2n) is 15.5. The number of anilines is 1. The molecule has 1 spiro atoms. The van der Waals surface area contributed by atoms with Crippen LogP contribution in [0.1, 0.15) is 74.5 Å². The van der Waals surface area contributed by atoms with Gasteiger partial charge in [-0.25, -0.2) is 4.39 Å². The van der Waals surface area contributed by atoms with E-state index < -0.39 is 29.2 Å². The maximum Gasteiger partial charge on any atom is 0.430 e. The van der Waals surface area contributed by atoms with E-state index in [-0.39, 0.29) is 46.8 Å². The molecule has 1 aromatic heterocycles.